The van der Waals surface area contributed by atoms with E-state index in [9.17, 15) is 0 Å². The molecule has 0 unspecified atom stereocenters. The third kappa shape index (κ3) is 4.40. The topological polar surface area (TPSA) is 62.5 Å². The minimum absolute atomic E-state index is 0.527. The van der Waals surface area contributed by atoms with Crippen molar-refractivity contribution in [1.82, 2.24) is 15.6 Å². The fraction of sp³-hybridized carbons (Fsp3) is 0.385. The van der Waals surface area contributed by atoms with Gasteiger partial charge in [-0.05, 0) is 26.0 Å². The zero-order chi connectivity index (χ0) is 13.5. The summed E-state index contributed by atoms with van der Waals surface area (Å²) in [5.74, 6) is 1.62. The van der Waals surface area contributed by atoms with E-state index in [1.807, 2.05) is 25.3 Å². The van der Waals surface area contributed by atoms with Crippen molar-refractivity contribution in [3.05, 3.63) is 40.2 Å². The van der Waals surface area contributed by atoms with Gasteiger partial charge in [0.2, 0.25) is 0 Å². The fourth-order valence-electron chi connectivity index (χ4n) is 1.54. The van der Waals surface area contributed by atoms with Gasteiger partial charge in [-0.2, -0.15) is 0 Å². The number of nitrogens with one attached hydrogen (secondary N) is 2. The molecule has 0 radical (unpaired) electrons. The first-order chi connectivity index (χ1) is 9.28. The molecule has 0 fully saturated rings. The van der Waals surface area contributed by atoms with Gasteiger partial charge in [0.25, 0.3) is 0 Å². The Hall–Kier alpha value is -1.82. The molecule has 0 aromatic carbocycles. The number of aryl methyl sites for hydroxylation is 1. The van der Waals surface area contributed by atoms with Crippen LogP contribution in [0.25, 0.3) is 0 Å². The van der Waals surface area contributed by atoms with Crippen molar-refractivity contribution < 1.29 is 4.42 Å². The summed E-state index contributed by atoms with van der Waals surface area (Å²) in [5.41, 5.74) is 0. The minimum Gasteiger partial charge on any atom is -0.467 e. The lowest BCUT2D eigenvalue weighted by atomic mass is 10.4. The van der Waals surface area contributed by atoms with E-state index in [1.54, 1.807) is 17.6 Å². The van der Waals surface area contributed by atoms with E-state index >= 15 is 0 Å². The first-order valence-electron chi connectivity index (χ1n) is 6.24. The van der Waals surface area contributed by atoms with Crippen molar-refractivity contribution in [3.63, 3.8) is 0 Å². The second kappa shape index (κ2) is 6.94. The lowest BCUT2D eigenvalue weighted by Crippen LogP contribution is -2.36. The molecular weight excluding hydrogens is 260 g/mol. The highest BCUT2D eigenvalue weighted by Gasteiger charge is 2.02. The molecule has 0 atom stereocenters. The fourth-order valence-corrected chi connectivity index (χ4v) is 2.27. The number of guanidine groups is 1. The van der Waals surface area contributed by atoms with Gasteiger partial charge in [0.05, 0.1) is 12.8 Å². The van der Waals surface area contributed by atoms with Crippen molar-refractivity contribution in [3.8, 4) is 0 Å². The van der Waals surface area contributed by atoms with E-state index in [2.05, 4.69) is 27.5 Å². The van der Waals surface area contributed by atoms with Gasteiger partial charge in [-0.1, -0.05) is 0 Å². The van der Waals surface area contributed by atoms with Gasteiger partial charge in [-0.25, -0.2) is 9.98 Å². The monoisotopic (exact) mass is 278 g/mol. The van der Waals surface area contributed by atoms with Crippen LogP contribution in [0.3, 0.4) is 0 Å². The second-order valence-corrected chi connectivity index (χ2v) is 5.31. The third-order valence-electron chi connectivity index (χ3n) is 2.39. The molecule has 102 valence electrons. The van der Waals surface area contributed by atoms with Gasteiger partial charge in [-0.15, -0.1) is 11.3 Å². The Balaban J connectivity index is 1.89. The molecule has 2 aromatic rings. The van der Waals surface area contributed by atoms with Crippen LogP contribution in [0.2, 0.25) is 0 Å². The normalized spacial score (nSPS) is 11.6. The van der Waals surface area contributed by atoms with Crippen molar-refractivity contribution in [2.45, 2.75) is 26.9 Å². The highest BCUT2D eigenvalue weighted by atomic mass is 32.1. The molecule has 0 amide bonds. The predicted molar refractivity (Wildman–Crippen MR) is 77.2 cm³/mol. The number of nitrogens with zero attached hydrogens (tertiary/aromatic N) is 2. The maximum Gasteiger partial charge on any atom is 0.192 e. The maximum atomic E-state index is 5.26. The second-order valence-electron chi connectivity index (χ2n) is 3.99. The number of hydrogen-bond acceptors (Lipinski definition) is 4. The van der Waals surface area contributed by atoms with E-state index in [4.69, 9.17) is 4.42 Å². The summed E-state index contributed by atoms with van der Waals surface area (Å²) in [6, 6.07) is 3.78. The molecule has 0 saturated carbocycles. The molecule has 0 spiro atoms. The van der Waals surface area contributed by atoms with Crippen LogP contribution in [0.5, 0.6) is 0 Å². The van der Waals surface area contributed by atoms with Crippen LogP contribution in [0.15, 0.2) is 34.0 Å². The Morgan fingerprint density at radius 1 is 1.47 bits per heavy atom. The average Bonchev–Trinajstić information content (AvgIpc) is 3.04. The molecule has 6 heteroatoms. The van der Waals surface area contributed by atoms with E-state index in [-0.39, 0.29) is 0 Å². The van der Waals surface area contributed by atoms with Crippen LogP contribution < -0.4 is 10.6 Å². The first-order valence-corrected chi connectivity index (χ1v) is 7.05. The van der Waals surface area contributed by atoms with E-state index in [0.717, 1.165) is 23.3 Å². The maximum absolute atomic E-state index is 5.26. The molecule has 2 aromatic heterocycles. The molecule has 0 aliphatic rings. The SMILES string of the molecule is CCNC(=NCc1ccco1)NCc1ncc(C)s1. The zero-order valence-corrected chi connectivity index (χ0v) is 12.0. The molecule has 2 heterocycles. The Morgan fingerprint density at radius 3 is 3.00 bits per heavy atom. The Labute approximate surface area is 116 Å². The summed E-state index contributed by atoms with van der Waals surface area (Å²) in [4.78, 5) is 9.98. The van der Waals surface area contributed by atoms with Crippen LogP contribution in [-0.4, -0.2) is 17.5 Å². The van der Waals surface area contributed by atoms with Crippen molar-refractivity contribution in [2.75, 3.05) is 6.54 Å². The lowest BCUT2D eigenvalue weighted by Gasteiger charge is -2.09. The minimum atomic E-state index is 0.527. The Bertz CT molecular complexity index is 518. The summed E-state index contributed by atoms with van der Waals surface area (Å²) in [7, 11) is 0. The average molecular weight is 278 g/mol. The van der Waals surface area contributed by atoms with E-state index in [1.165, 1.54) is 4.88 Å². The summed E-state index contributed by atoms with van der Waals surface area (Å²) < 4.78 is 5.26. The molecule has 0 saturated heterocycles. The highest BCUT2D eigenvalue weighted by Crippen LogP contribution is 2.10. The summed E-state index contributed by atoms with van der Waals surface area (Å²) in [6.07, 6.45) is 3.54. The summed E-state index contributed by atoms with van der Waals surface area (Å²) >= 11 is 1.69. The molecule has 2 N–H and O–H groups in total. The third-order valence-corrected chi connectivity index (χ3v) is 3.31. The van der Waals surface area contributed by atoms with Crippen LogP contribution in [0.4, 0.5) is 0 Å². The molecule has 5 nitrogen and oxygen atoms in total. The number of aromatic nitrogens is 1. The number of thiazole rings is 1. The van der Waals surface area contributed by atoms with E-state index in [0.29, 0.717) is 13.1 Å². The van der Waals surface area contributed by atoms with Crippen LogP contribution in [0.1, 0.15) is 22.6 Å². The van der Waals surface area contributed by atoms with E-state index < -0.39 is 0 Å². The van der Waals surface area contributed by atoms with Crippen molar-refractivity contribution in [2.24, 2.45) is 4.99 Å². The molecule has 0 aliphatic heterocycles. The van der Waals surface area contributed by atoms with Gasteiger partial charge >= 0.3 is 0 Å². The quantitative estimate of drug-likeness (QED) is 0.651. The van der Waals surface area contributed by atoms with Gasteiger partial charge < -0.3 is 15.1 Å². The van der Waals surface area contributed by atoms with Crippen molar-refractivity contribution >= 4 is 17.3 Å². The van der Waals surface area contributed by atoms with Crippen LogP contribution in [0, 0.1) is 6.92 Å². The summed E-state index contributed by atoms with van der Waals surface area (Å²) in [5, 5.41) is 7.51. The van der Waals surface area contributed by atoms with Gasteiger partial charge in [0.1, 0.15) is 17.3 Å². The Morgan fingerprint density at radius 2 is 2.37 bits per heavy atom. The first kappa shape index (κ1) is 13.6. The number of furan rings is 1. The van der Waals surface area contributed by atoms with Crippen LogP contribution >= 0.6 is 11.3 Å². The van der Waals surface area contributed by atoms with Crippen molar-refractivity contribution in [1.29, 1.82) is 0 Å². The largest absolute Gasteiger partial charge is 0.467 e. The molecule has 19 heavy (non-hydrogen) atoms. The number of hydrogen-bond donors (Lipinski definition) is 2. The predicted octanol–water partition coefficient (Wildman–Crippen LogP) is 2.30. The number of rotatable bonds is 5. The van der Waals surface area contributed by atoms with Gasteiger partial charge in [0, 0.05) is 17.6 Å². The smallest absolute Gasteiger partial charge is 0.192 e. The lowest BCUT2D eigenvalue weighted by molar-refractivity contribution is 0.512. The van der Waals surface area contributed by atoms with Gasteiger partial charge in [-0.3, -0.25) is 0 Å². The molecule has 0 bridgehead atoms. The Kier molecular flexibility index (Phi) is 4.97. The highest BCUT2D eigenvalue weighted by molar-refractivity contribution is 7.11. The van der Waals surface area contributed by atoms with Crippen LogP contribution in [-0.2, 0) is 13.1 Å². The van der Waals surface area contributed by atoms with Gasteiger partial charge in [0.15, 0.2) is 5.96 Å². The standard InChI is InChI=1S/C13H18N4OS/c1-3-14-13(16-8-11-5-4-6-18-11)17-9-12-15-7-10(2)19-12/h4-7H,3,8-9H2,1-2H3,(H2,14,16,17). The molecular formula is C13H18N4OS. The zero-order valence-electron chi connectivity index (χ0n) is 11.1. The molecule has 2 rings (SSSR count). The summed E-state index contributed by atoms with van der Waals surface area (Å²) in [6.45, 7) is 6.12. The number of aliphatic imine (C=N–C) groups is 1. The molecule has 0 aliphatic carbocycles.